The van der Waals surface area contributed by atoms with Crippen LogP contribution in [0.2, 0.25) is 0 Å². The van der Waals surface area contributed by atoms with Crippen LogP contribution in [0.3, 0.4) is 0 Å². The molecule has 0 spiro atoms. The Morgan fingerprint density at radius 1 is 1.62 bits per heavy atom. The molecule has 1 unspecified atom stereocenters. The molecule has 0 aromatic heterocycles. The third kappa shape index (κ3) is 7.37. The fourth-order valence-electron chi connectivity index (χ4n) is 0.980. The lowest BCUT2D eigenvalue weighted by Gasteiger charge is -2.09. The lowest BCUT2D eigenvalue weighted by molar-refractivity contribution is 0.0712. The van der Waals surface area contributed by atoms with Crippen molar-refractivity contribution in [2.24, 2.45) is 5.11 Å². The second-order valence-corrected chi connectivity index (χ2v) is 2.78. The number of azide groups is 1. The quantitative estimate of drug-likeness (QED) is 0.187. The third-order valence-corrected chi connectivity index (χ3v) is 1.64. The molecule has 0 saturated carbocycles. The van der Waals surface area contributed by atoms with Gasteiger partial charge in [0.25, 0.3) is 0 Å². The summed E-state index contributed by atoms with van der Waals surface area (Å²) in [4.78, 5) is 2.73. The van der Waals surface area contributed by atoms with E-state index >= 15 is 0 Å². The van der Waals surface area contributed by atoms with E-state index < -0.39 is 0 Å². The number of nitrogens with zero attached hydrogens (tertiary/aromatic N) is 3. The van der Waals surface area contributed by atoms with Gasteiger partial charge in [-0.05, 0) is 12.0 Å². The van der Waals surface area contributed by atoms with Crippen LogP contribution >= 0.6 is 0 Å². The van der Waals surface area contributed by atoms with Gasteiger partial charge >= 0.3 is 0 Å². The summed E-state index contributed by atoms with van der Waals surface area (Å²) in [6.45, 7) is 6.10. The minimum atomic E-state index is -0.324. The van der Waals surface area contributed by atoms with Crippen molar-refractivity contribution in [2.75, 3.05) is 6.61 Å². The van der Waals surface area contributed by atoms with Crippen LogP contribution < -0.4 is 0 Å². The van der Waals surface area contributed by atoms with Crippen molar-refractivity contribution >= 4 is 0 Å². The van der Waals surface area contributed by atoms with Crippen molar-refractivity contribution in [2.45, 2.75) is 38.8 Å². The second kappa shape index (κ2) is 9.10. The van der Waals surface area contributed by atoms with E-state index in [0.717, 1.165) is 25.7 Å². The normalized spacial score (nSPS) is 11.8. The summed E-state index contributed by atoms with van der Waals surface area (Å²) < 4.78 is 5.24. The monoisotopic (exact) mass is 183 g/mol. The molecular formula is C9H17N3O. The molecule has 74 valence electrons. The average Bonchev–Trinajstić information content (AvgIpc) is 2.14. The molecule has 4 heteroatoms. The van der Waals surface area contributed by atoms with Crippen LogP contribution in [-0.2, 0) is 4.74 Å². The fourth-order valence-corrected chi connectivity index (χ4v) is 0.980. The van der Waals surface area contributed by atoms with Gasteiger partial charge in [0.05, 0.1) is 6.61 Å². The van der Waals surface area contributed by atoms with Crippen molar-refractivity contribution in [3.8, 4) is 0 Å². The number of hydrogen-bond acceptors (Lipinski definition) is 2. The lowest BCUT2D eigenvalue weighted by Crippen LogP contribution is -2.08. The summed E-state index contributed by atoms with van der Waals surface area (Å²) in [7, 11) is 0. The molecular weight excluding hydrogens is 166 g/mol. The van der Waals surface area contributed by atoms with Crippen LogP contribution in [-0.4, -0.2) is 12.8 Å². The molecule has 0 fully saturated rings. The van der Waals surface area contributed by atoms with Crippen LogP contribution in [0, 0.1) is 0 Å². The minimum absolute atomic E-state index is 0.324. The van der Waals surface area contributed by atoms with Gasteiger partial charge in [0.2, 0.25) is 0 Å². The molecule has 4 nitrogen and oxygen atoms in total. The summed E-state index contributed by atoms with van der Waals surface area (Å²) in [5, 5.41) is 3.54. The Bertz CT molecular complexity index is 176. The minimum Gasteiger partial charge on any atom is -0.368 e. The Morgan fingerprint density at radius 2 is 2.38 bits per heavy atom. The summed E-state index contributed by atoms with van der Waals surface area (Å²) in [6.07, 6.45) is 5.47. The Hall–Kier alpha value is -0.990. The van der Waals surface area contributed by atoms with Crippen LogP contribution in [0.25, 0.3) is 10.4 Å². The van der Waals surface area contributed by atoms with Gasteiger partial charge < -0.3 is 4.74 Å². The Morgan fingerprint density at radius 3 is 2.92 bits per heavy atom. The maximum atomic E-state index is 8.25. The van der Waals surface area contributed by atoms with Gasteiger partial charge in [-0.3, -0.25) is 0 Å². The molecule has 1 atom stereocenters. The van der Waals surface area contributed by atoms with Crippen molar-refractivity contribution in [1.29, 1.82) is 0 Å². The predicted octanol–water partition coefficient (Wildman–Crippen LogP) is 3.41. The highest BCUT2D eigenvalue weighted by atomic mass is 16.5. The van der Waals surface area contributed by atoms with E-state index in [1.54, 1.807) is 6.08 Å². The molecule has 0 rings (SSSR count). The van der Waals surface area contributed by atoms with Gasteiger partial charge in [-0.25, -0.2) is 0 Å². The topological polar surface area (TPSA) is 58.0 Å². The zero-order valence-electron chi connectivity index (χ0n) is 8.15. The molecule has 0 heterocycles. The van der Waals surface area contributed by atoms with Crippen molar-refractivity contribution < 1.29 is 4.74 Å². The Labute approximate surface area is 79.2 Å². The van der Waals surface area contributed by atoms with Crippen molar-refractivity contribution in [3.05, 3.63) is 23.1 Å². The van der Waals surface area contributed by atoms with E-state index in [1.807, 2.05) is 0 Å². The third-order valence-electron chi connectivity index (χ3n) is 1.64. The molecule has 0 bridgehead atoms. The largest absolute Gasteiger partial charge is 0.368 e. The van der Waals surface area contributed by atoms with Gasteiger partial charge in [0, 0.05) is 4.91 Å². The lowest BCUT2D eigenvalue weighted by atomic mass is 10.2. The molecule has 0 aliphatic heterocycles. The molecule has 0 N–H and O–H groups in total. The van der Waals surface area contributed by atoms with E-state index in [1.165, 1.54) is 0 Å². The van der Waals surface area contributed by atoms with E-state index in [0.29, 0.717) is 6.61 Å². The first-order chi connectivity index (χ1) is 6.35. The molecule has 0 amide bonds. The molecule has 0 aromatic rings. The zero-order chi connectivity index (χ0) is 9.94. The molecule has 0 aliphatic carbocycles. The summed E-state index contributed by atoms with van der Waals surface area (Å²) >= 11 is 0. The number of hydrogen-bond donors (Lipinski definition) is 0. The van der Waals surface area contributed by atoms with Crippen molar-refractivity contribution in [1.82, 2.24) is 0 Å². The van der Waals surface area contributed by atoms with Gasteiger partial charge in [-0.2, -0.15) is 0 Å². The first-order valence-electron chi connectivity index (χ1n) is 4.61. The first kappa shape index (κ1) is 12.0. The molecule has 0 aromatic carbocycles. The fraction of sp³-hybridized carbons (Fsp3) is 0.778. The highest BCUT2D eigenvalue weighted by Gasteiger charge is 2.03. The average molecular weight is 183 g/mol. The molecule has 0 saturated heterocycles. The van der Waals surface area contributed by atoms with Crippen LogP contribution in [0.4, 0.5) is 0 Å². The Kier molecular flexibility index (Phi) is 8.41. The molecule has 13 heavy (non-hydrogen) atoms. The summed E-state index contributed by atoms with van der Waals surface area (Å²) in [5.74, 6) is 0. The zero-order valence-corrected chi connectivity index (χ0v) is 8.15. The molecule has 0 aliphatic rings. The van der Waals surface area contributed by atoms with Crippen molar-refractivity contribution in [3.63, 3.8) is 0 Å². The maximum Gasteiger partial charge on any atom is 0.136 e. The van der Waals surface area contributed by atoms with Crippen LogP contribution in [0.5, 0.6) is 0 Å². The SMILES string of the molecule is C=CCOC(CCCCC)N=[N+]=[N-]. The summed E-state index contributed by atoms with van der Waals surface area (Å²) in [6, 6.07) is 0. The highest BCUT2D eigenvalue weighted by Crippen LogP contribution is 2.08. The van der Waals surface area contributed by atoms with Gasteiger partial charge in [0.1, 0.15) is 6.23 Å². The smallest absolute Gasteiger partial charge is 0.136 e. The molecule has 0 radical (unpaired) electrons. The van der Waals surface area contributed by atoms with E-state index in [-0.39, 0.29) is 6.23 Å². The van der Waals surface area contributed by atoms with E-state index in [9.17, 15) is 0 Å². The van der Waals surface area contributed by atoms with Crippen LogP contribution in [0.15, 0.2) is 17.8 Å². The second-order valence-electron chi connectivity index (χ2n) is 2.78. The highest BCUT2D eigenvalue weighted by molar-refractivity contribution is 4.66. The van der Waals surface area contributed by atoms with Gasteiger partial charge in [0.15, 0.2) is 0 Å². The summed E-state index contributed by atoms with van der Waals surface area (Å²) in [5.41, 5.74) is 8.25. The number of rotatable bonds is 8. The first-order valence-corrected chi connectivity index (χ1v) is 4.61. The number of unbranched alkanes of at least 4 members (excludes halogenated alkanes) is 2. The maximum absolute atomic E-state index is 8.25. The Balaban J connectivity index is 3.65. The number of ether oxygens (including phenoxy) is 1. The van der Waals surface area contributed by atoms with Gasteiger partial charge in [-0.15, -0.1) is 6.58 Å². The van der Waals surface area contributed by atoms with E-state index in [4.69, 9.17) is 10.3 Å². The van der Waals surface area contributed by atoms with Gasteiger partial charge in [-0.1, -0.05) is 37.4 Å². The van der Waals surface area contributed by atoms with Crippen LogP contribution in [0.1, 0.15) is 32.6 Å². The standard InChI is InChI=1S/C9H17N3O/c1-3-5-6-7-9(11-12-10)13-8-4-2/h4,9H,2-3,5-8H2,1H3. The van der Waals surface area contributed by atoms with E-state index in [2.05, 4.69) is 23.5 Å². The predicted molar refractivity (Wildman–Crippen MR) is 53.2 cm³/mol.